The summed E-state index contributed by atoms with van der Waals surface area (Å²) in [6.07, 6.45) is 9.09. The number of aromatic nitrogens is 3. The van der Waals surface area contributed by atoms with E-state index in [4.69, 9.17) is 16.6 Å². The molecule has 2 aromatic carbocycles. The Bertz CT molecular complexity index is 1540. The van der Waals surface area contributed by atoms with E-state index >= 15 is 0 Å². The lowest BCUT2D eigenvalue weighted by molar-refractivity contribution is -0.132. The van der Waals surface area contributed by atoms with Crippen LogP contribution in [0, 0.1) is 5.82 Å². The number of fused-ring (bicyclic) bond motifs is 2. The summed E-state index contributed by atoms with van der Waals surface area (Å²) in [7, 11) is 1.93. The number of hydrogen-bond acceptors (Lipinski definition) is 5. The number of halogens is 3. The van der Waals surface area contributed by atoms with Crippen molar-refractivity contribution in [3.05, 3.63) is 116 Å². The molecule has 1 N–H and O–H groups in total. The Morgan fingerprint density at radius 2 is 1.82 bits per heavy atom. The molecule has 1 aliphatic heterocycles. The number of carbonyl (C=O) groups excluding carboxylic acids is 2. The Morgan fingerprint density at radius 1 is 1.07 bits per heavy atom. The summed E-state index contributed by atoms with van der Waals surface area (Å²) in [4.78, 5) is 35.9. The lowest BCUT2D eigenvalue weighted by Gasteiger charge is -2.40. The normalized spacial score (nSPS) is 16.2. The molecular formula is C33H35BrClFN6O2. The molecule has 0 spiro atoms. The molecule has 0 radical (unpaired) electrons. The third-order valence-corrected chi connectivity index (χ3v) is 8.79. The molecule has 0 bridgehead atoms. The van der Waals surface area contributed by atoms with Crippen molar-refractivity contribution < 1.29 is 14.0 Å². The van der Waals surface area contributed by atoms with Gasteiger partial charge in [-0.2, -0.15) is 0 Å². The number of amides is 2. The minimum Gasteiger partial charge on any atom is -0.358 e. The van der Waals surface area contributed by atoms with Crippen LogP contribution in [0.2, 0.25) is 5.02 Å². The summed E-state index contributed by atoms with van der Waals surface area (Å²) in [5.74, 6) is -0.206. The van der Waals surface area contributed by atoms with Gasteiger partial charge >= 0.3 is 0 Å². The molecule has 2 aliphatic rings. The van der Waals surface area contributed by atoms with Crippen LogP contribution < -0.4 is 5.32 Å². The van der Waals surface area contributed by atoms with Gasteiger partial charge in [0.2, 0.25) is 12.3 Å². The Balaban J connectivity index is 0.000000296. The van der Waals surface area contributed by atoms with E-state index in [9.17, 15) is 14.0 Å². The van der Waals surface area contributed by atoms with Crippen LogP contribution in [-0.2, 0) is 42.3 Å². The summed E-state index contributed by atoms with van der Waals surface area (Å²) >= 11 is 9.90. The highest BCUT2D eigenvalue weighted by molar-refractivity contribution is 9.10. The minimum atomic E-state index is -0.286. The van der Waals surface area contributed by atoms with Crippen molar-refractivity contribution in [1.82, 2.24) is 29.7 Å². The molecule has 1 atom stereocenters. The number of benzene rings is 2. The first-order valence-corrected chi connectivity index (χ1v) is 15.8. The summed E-state index contributed by atoms with van der Waals surface area (Å²) < 4.78 is 16.1. The second-order valence-electron chi connectivity index (χ2n) is 11.0. The number of rotatable bonds is 7. The smallest absolute Gasteiger partial charge is 0.227 e. The van der Waals surface area contributed by atoms with Crippen molar-refractivity contribution in [2.24, 2.45) is 7.05 Å². The number of pyridine rings is 1. The molecule has 0 saturated carbocycles. The Hall–Kier alpha value is -3.60. The zero-order valence-corrected chi connectivity index (χ0v) is 26.9. The number of nitrogens with one attached hydrogen (secondary N) is 1. The lowest BCUT2D eigenvalue weighted by Crippen LogP contribution is -2.50. The van der Waals surface area contributed by atoms with Crippen LogP contribution in [-0.4, -0.2) is 69.4 Å². The van der Waals surface area contributed by atoms with Gasteiger partial charge in [0.05, 0.1) is 24.5 Å². The highest BCUT2D eigenvalue weighted by Crippen LogP contribution is 2.38. The maximum Gasteiger partial charge on any atom is 0.227 e. The van der Waals surface area contributed by atoms with Crippen LogP contribution in [0.5, 0.6) is 0 Å². The predicted molar refractivity (Wildman–Crippen MR) is 172 cm³/mol. The molecule has 1 saturated heterocycles. The molecule has 2 amide bonds. The fourth-order valence-electron chi connectivity index (χ4n) is 5.78. The number of piperazine rings is 1. The number of nitrogens with zero attached hydrogens (tertiary/aromatic N) is 5. The summed E-state index contributed by atoms with van der Waals surface area (Å²) in [5, 5.41) is 3.35. The van der Waals surface area contributed by atoms with Crippen molar-refractivity contribution in [2.45, 2.75) is 31.7 Å². The van der Waals surface area contributed by atoms with Crippen LogP contribution in [0.1, 0.15) is 39.7 Å². The summed E-state index contributed by atoms with van der Waals surface area (Å²) in [5.41, 5.74) is 6.80. The molecule has 1 unspecified atom stereocenters. The molecule has 1 fully saturated rings. The number of carbonyl (C=O) groups is 2. The van der Waals surface area contributed by atoms with Crippen molar-refractivity contribution in [3.8, 4) is 0 Å². The van der Waals surface area contributed by atoms with Crippen LogP contribution in [0.25, 0.3) is 0 Å². The number of imidazole rings is 1. The fraction of sp³-hybridized carbons (Fsp3) is 0.333. The summed E-state index contributed by atoms with van der Waals surface area (Å²) in [6, 6.07) is 14.5. The standard InChI is InChI=1S/C26H24BrClFN3O.C7H11N3O/c27-20-14-19-4-3-18-15-21(28)5-8-23(18)26(25(19)30-16-20)32-11-9-31(10-12-32)24(33)13-17-1-6-22(29)7-2-17;1-10-5-9-4-7(10)2-3-8-6-11/h1-2,5-8,14-16,26H,3-4,9-13H2;4-6H,2-3H2,1H3,(H,8,11). The van der Waals surface area contributed by atoms with Gasteiger partial charge in [0.15, 0.2) is 0 Å². The first-order chi connectivity index (χ1) is 21.3. The van der Waals surface area contributed by atoms with E-state index in [1.165, 1.54) is 28.8 Å². The van der Waals surface area contributed by atoms with Crippen LogP contribution in [0.4, 0.5) is 4.39 Å². The second kappa shape index (κ2) is 14.9. The zero-order valence-electron chi connectivity index (χ0n) is 24.6. The van der Waals surface area contributed by atoms with Crippen molar-refractivity contribution in [1.29, 1.82) is 0 Å². The topological polar surface area (TPSA) is 83.4 Å². The van der Waals surface area contributed by atoms with Crippen molar-refractivity contribution >= 4 is 39.8 Å². The number of aryl methyl sites for hydroxylation is 3. The van der Waals surface area contributed by atoms with Crippen LogP contribution in [0.3, 0.4) is 0 Å². The van der Waals surface area contributed by atoms with E-state index < -0.39 is 0 Å². The third kappa shape index (κ3) is 7.91. The first kappa shape index (κ1) is 31.8. The lowest BCUT2D eigenvalue weighted by atomic mass is 9.96. The van der Waals surface area contributed by atoms with Crippen LogP contribution >= 0.6 is 27.5 Å². The first-order valence-electron chi connectivity index (χ1n) is 14.6. The van der Waals surface area contributed by atoms with Gasteiger partial charge in [0.25, 0.3) is 0 Å². The molecule has 4 aromatic rings. The molecule has 8 nitrogen and oxygen atoms in total. The van der Waals surface area contributed by atoms with Gasteiger partial charge in [0.1, 0.15) is 5.82 Å². The maximum atomic E-state index is 13.2. The summed E-state index contributed by atoms with van der Waals surface area (Å²) in [6.45, 7) is 3.51. The van der Waals surface area contributed by atoms with E-state index in [1.54, 1.807) is 24.7 Å². The second-order valence-corrected chi connectivity index (χ2v) is 12.3. The molecule has 44 heavy (non-hydrogen) atoms. The zero-order chi connectivity index (χ0) is 31.1. The number of hydrogen-bond donors (Lipinski definition) is 1. The van der Waals surface area contributed by atoms with Gasteiger partial charge in [-0.3, -0.25) is 19.5 Å². The third-order valence-electron chi connectivity index (χ3n) is 8.12. The minimum absolute atomic E-state index is 0.0391. The fourth-order valence-corrected chi connectivity index (χ4v) is 6.36. The van der Waals surface area contributed by atoms with Gasteiger partial charge in [-0.1, -0.05) is 29.8 Å². The molecular weight excluding hydrogens is 647 g/mol. The van der Waals surface area contributed by atoms with Crippen molar-refractivity contribution in [3.63, 3.8) is 0 Å². The Morgan fingerprint density at radius 3 is 2.52 bits per heavy atom. The van der Waals surface area contributed by atoms with Gasteiger partial charge in [-0.15, -0.1) is 0 Å². The van der Waals surface area contributed by atoms with E-state index in [-0.39, 0.29) is 17.8 Å². The predicted octanol–water partition coefficient (Wildman–Crippen LogP) is 4.92. The molecule has 3 heterocycles. The van der Waals surface area contributed by atoms with E-state index in [0.717, 1.165) is 58.8 Å². The molecule has 11 heteroatoms. The van der Waals surface area contributed by atoms with Crippen LogP contribution in [0.15, 0.2) is 71.7 Å². The highest BCUT2D eigenvalue weighted by atomic mass is 79.9. The van der Waals surface area contributed by atoms with Gasteiger partial charge < -0.3 is 14.8 Å². The highest BCUT2D eigenvalue weighted by Gasteiger charge is 2.33. The maximum absolute atomic E-state index is 13.2. The van der Waals surface area contributed by atoms with Gasteiger partial charge in [0, 0.05) is 73.8 Å². The quantitative estimate of drug-likeness (QED) is 0.221. The monoisotopic (exact) mass is 680 g/mol. The van der Waals surface area contributed by atoms with Gasteiger partial charge in [-0.25, -0.2) is 9.37 Å². The molecule has 6 rings (SSSR count). The molecule has 2 aromatic heterocycles. The SMILES string of the molecule is Cn1cncc1CCNC=O.O=C(Cc1ccc(F)cc1)N1CCN(C2c3ccc(Cl)cc3CCc3cc(Br)cnc32)CC1. The average Bonchev–Trinajstić information content (AvgIpc) is 3.36. The molecule has 230 valence electrons. The Labute approximate surface area is 270 Å². The van der Waals surface area contributed by atoms with E-state index in [0.29, 0.717) is 32.5 Å². The molecule has 1 aliphatic carbocycles. The van der Waals surface area contributed by atoms with E-state index in [2.05, 4.69) is 49.3 Å². The van der Waals surface area contributed by atoms with Gasteiger partial charge in [-0.05, 0) is 81.4 Å². The van der Waals surface area contributed by atoms with E-state index in [1.807, 2.05) is 28.8 Å². The largest absolute Gasteiger partial charge is 0.358 e. The van der Waals surface area contributed by atoms with Crippen molar-refractivity contribution in [2.75, 3.05) is 32.7 Å². The average molecular weight is 682 g/mol. The Kier molecular flexibility index (Phi) is 10.8.